The van der Waals surface area contributed by atoms with Crippen LogP contribution in [-0.4, -0.2) is 33.4 Å². The predicted octanol–water partition coefficient (Wildman–Crippen LogP) is 7.03. The van der Waals surface area contributed by atoms with Crippen molar-refractivity contribution in [1.29, 1.82) is 0 Å². The number of hydrogen-bond acceptors (Lipinski definition) is 7. The van der Waals surface area contributed by atoms with Gasteiger partial charge in [0.15, 0.2) is 0 Å². The van der Waals surface area contributed by atoms with Gasteiger partial charge in [0.05, 0.1) is 14.9 Å². The van der Waals surface area contributed by atoms with Gasteiger partial charge in [-0.3, -0.25) is 29.4 Å². The number of imide groups is 1. The Morgan fingerprint density at radius 2 is 1.84 bits per heavy atom. The summed E-state index contributed by atoms with van der Waals surface area (Å²) < 4.78 is 7.28. The molecule has 1 saturated heterocycles. The van der Waals surface area contributed by atoms with Gasteiger partial charge in [-0.15, -0.1) is 0 Å². The van der Waals surface area contributed by atoms with E-state index < -0.39 is 28.5 Å². The Balaban J connectivity index is 1.46. The quantitative estimate of drug-likeness (QED) is 0.154. The van der Waals surface area contributed by atoms with Crippen molar-refractivity contribution in [2.75, 3.05) is 11.9 Å². The molecule has 1 heterocycles. The number of nitro benzene ring substituents is 1. The van der Waals surface area contributed by atoms with Crippen molar-refractivity contribution < 1.29 is 24.0 Å². The van der Waals surface area contributed by atoms with Crippen molar-refractivity contribution in [3.63, 3.8) is 0 Å². The number of carbonyl (C=O) groups is 3. The Hall–Kier alpha value is -3.19. The second-order valence-electron chi connectivity index (χ2n) is 7.84. The lowest BCUT2D eigenvalue weighted by atomic mass is 10.1. The van der Waals surface area contributed by atoms with Gasteiger partial charge in [0.2, 0.25) is 5.91 Å². The van der Waals surface area contributed by atoms with Gasteiger partial charge in [-0.1, -0.05) is 27.5 Å². The van der Waals surface area contributed by atoms with Crippen LogP contribution in [0.1, 0.15) is 11.1 Å². The zero-order valence-electron chi connectivity index (χ0n) is 19.2. The molecular weight excluding hydrogens is 666 g/mol. The van der Waals surface area contributed by atoms with E-state index in [1.165, 1.54) is 18.2 Å². The van der Waals surface area contributed by atoms with Crippen LogP contribution in [0.5, 0.6) is 5.75 Å². The molecular formula is C25H16Br2ClN3O6S. The average molecular weight is 682 g/mol. The number of nitrogens with one attached hydrogen (secondary N) is 1. The van der Waals surface area contributed by atoms with E-state index in [0.29, 0.717) is 32.1 Å². The number of anilines is 1. The molecule has 0 saturated carbocycles. The summed E-state index contributed by atoms with van der Waals surface area (Å²) in [4.78, 5) is 49.4. The van der Waals surface area contributed by atoms with Crippen LogP contribution in [0.2, 0.25) is 5.02 Å². The van der Waals surface area contributed by atoms with Gasteiger partial charge in [0.25, 0.3) is 16.8 Å². The number of rotatable bonds is 8. The Kier molecular flexibility index (Phi) is 8.87. The third-order valence-electron chi connectivity index (χ3n) is 5.18. The second kappa shape index (κ2) is 12.1. The topological polar surface area (TPSA) is 119 Å². The Morgan fingerprint density at radius 1 is 1.11 bits per heavy atom. The maximum atomic E-state index is 13.0. The van der Waals surface area contributed by atoms with Crippen LogP contribution >= 0.6 is 55.2 Å². The zero-order chi connectivity index (χ0) is 27.4. The number of thioether (sulfide) groups is 1. The summed E-state index contributed by atoms with van der Waals surface area (Å²) in [5.74, 6) is -0.727. The molecule has 0 atom stereocenters. The molecule has 0 spiro atoms. The number of ether oxygens (including phenoxy) is 1. The molecule has 1 aliphatic rings. The maximum absolute atomic E-state index is 13.0. The molecule has 0 aliphatic carbocycles. The fourth-order valence-corrected chi connectivity index (χ4v) is 4.97. The van der Waals surface area contributed by atoms with Crippen LogP contribution in [-0.2, 0) is 16.2 Å². The summed E-state index contributed by atoms with van der Waals surface area (Å²) in [6.07, 6.45) is 1.52. The number of carbonyl (C=O) groups excluding carboxylic acids is 3. The van der Waals surface area contributed by atoms with Crippen molar-refractivity contribution in [1.82, 2.24) is 4.90 Å². The van der Waals surface area contributed by atoms with E-state index in [2.05, 4.69) is 37.2 Å². The molecule has 3 aromatic rings. The highest BCUT2D eigenvalue weighted by Crippen LogP contribution is 2.35. The number of halogens is 3. The first-order chi connectivity index (χ1) is 18.1. The molecule has 1 aliphatic heterocycles. The molecule has 0 bridgehead atoms. The maximum Gasteiger partial charge on any atom is 0.294 e. The smallest absolute Gasteiger partial charge is 0.294 e. The Bertz CT molecular complexity index is 1480. The Labute approximate surface area is 242 Å². The van der Waals surface area contributed by atoms with E-state index in [1.807, 2.05) is 0 Å². The average Bonchev–Trinajstić information content (AvgIpc) is 3.13. The number of amides is 3. The highest BCUT2D eigenvalue weighted by Gasteiger charge is 2.36. The second-order valence-corrected chi connectivity index (χ2v) is 11.0. The van der Waals surface area contributed by atoms with Crippen LogP contribution in [0, 0.1) is 10.1 Å². The first-order valence-corrected chi connectivity index (χ1v) is 13.5. The molecule has 38 heavy (non-hydrogen) atoms. The van der Waals surface area contributed by atoms with E-state index >= 15 is 0 Å². The highest BCUT2D eigenvalue weighted by atomic mass is 79.9. The Morgan fingerprint density at radius 3 is 2.53 bits per heavy atom. The molecule has 9 nitrogen and oxygen atoms in total. The minimum Gasteiger partial charge on any atom is -0.488 e. The van der Waals surface area contributed by atoms with Crippen molar-refractivity contribution in [2.24, 2.45) is 0 Å². The summed E-state index contributed by atoms with van der Waals surface area (Å²) in [5.41, 5.74) is 1.64. The molecule has 0 radical (unpaired) electrons. The molecule has 4 rings (SSSR count). The van der Waals surface area contributed by atoms with Crippen LogP contribution in [0.25, 0.3) is 6.08 Å². The predicted molar refractivity (Wildman–Crippen MR) is 152 cm³/mol. The molecule has 1 N–H and O–H groups in total. The van der Waals surface area contributed by atoms with E-state index in [0.717, 1.165) is 21.1 Å². The molecule has 194 valence electrons. The van der Waals surface area contributed by atoms with Crippen LogP contribution < -0.4 is 10.1 Å². The number of nitrogens with zero attached hydrogens (tertiary/aromatic N) is 2. The highest BCUT2D eigenvalue weighted by molar-refractivity contribution is 9.10. The molecule has 3 aromatic carbocycles. The monoisotopic (exact) mass is 679 g/mol. The van der Waals surface area contributed by atoms with Crippen LogP contribution in [0.15, 0.2) is 74.5 Å². The SMILES string of the molecule is O=C(CN1C(=O)S/C(=C\c2cc(Br)ccc2OCc2ccc([N+](=O)[O-])cc2)C1=O)Nc1ccc(Br)c(Cl)c1. The molecule has 0 unspecified atom stereocenters. The van der Waals surface area contributed by atoms with Crippen molar-refractivity contribution in [3.8, 4) is 5.75 Å². The summed E-state index contributed by atoms with van der Waals surface area (Å²) >= 11 is 13.4. The first kappa shape index (κ1) is 27.8. The molecule has 1 fully saturated rings. The van der Waals surface area contributed by atoms with Gasteiger partial charge in [0, 0.05) is 32.3 Å². The van der Waals surface area contributed by atoms with Gasteiger partial charge in [-0.25, -0.2) is 0 Å². The summed E-state index contributed by atoms with van der Waals surface area (Å²) in [6.45, 7) is -0.333. The number of nitro groups is 1. The van der Waals surface area contributed by atoms with Gasteiger partial charge in [-0.2, -0.15) is 0 Å². The summed E-state index contributed by atoms with van der Waals surface area (Å²) in [5, 5.41) is 13.3. The van der Waals surface area contributed by atoms with Crippen molar-refractivity contribution in [2.45, 2.75) is 6.61 Å². The van der Waals surface area contributed by atoms with Crippen molar-refractivity contribution >= 4 is 89.7 Å². The third kappa shape index (κ3) is 6.81. The minimum atomic E-state index is -0.606. The van der Waals surface area contributed by atoms with E-state index in [-0.39, 0.29) is 17.2 Å². The van der Waals surface area contributed by atoms with E-state index in [1.54, 1.807) is 48.5 Å². The lowest BCUT2D eigenvalue weighted by Crippen LogP contribution is -2.36. The zero-order valence-corrected chi connectivity index (χ0v) is 23.9. The minimum absolute atomic E-state index is 0.0249. The molecule has 3 amide bonds. The van der Waals surface area contributed by atoms with Crippen LogP contribution in [0.3, 0.4) is 0 Å². The molecule has 13 heteroatoms. The fraction of sp³-hybridized carbons (Fsp3) is 0.0800. The lowest BCUT2D eigenvalue weighted by Gasteiger charge is -2.13. The number of non-ortho nitro benzene ring substituents is 1. The lowest BCUT2D eigenvalue weighted by molar-refractivity contribution is -0.384. The fourth-order valence-electron chi connectivity index (χ4n) is 3.33. The first-order valence-electron chi connectivity index (χ1n) is 10.8. The normalized spacial score (nSPS) is 14.2. The van der Waals surface area contributed by atoms with Crippen LogP contribution in [0.4, 0.5) is 16.2 Å². The van der Waals surface area contributed by atoms with E-state index in [4.69, 9.17) is 16.3 Å². The molecule has 0 aromatic heterocycles. The van der Waals surface area contributed by atoms with Gasteiger partial charge in [0.1, 0.15) is 18.9 Å². The van der Waals surface area contributed by atoms with Gasteiger partial charge < -0.3 is 10.1 Å². The summed E-state index contributed by atoms with van der Waals surface area (Å²) in [6, 6.07) is 16.0. The van der Waals surface area contributed by atoms with Crippen molar-refractivity contribution in [3.05, 3.63) is 101 Å². The van der Waals surface area contributed by atoms with Gasteiger partial charge in [-0.05, 0) is 87.9 Å². The number of benzene rings is 3. The van der Waals surface area contributed by atoms with E-state index in [9.17, 15) is 24.5 Å². The third-order valence-corrected chi connectivity index (χ3v) is 7.81. The standard InChI is InChI=1S/C25H16Br2ClN3O6S/c26-16-3-8-21(37-13-14-1-5-18(6-2-14)31(35)36)15(9-16)10-22-24(33)30(25(34)38-22)12-23(32)29-17-4-7-19(27)20(28)11-17/h1-11H,12-13H2,(H,29,32)/b22-10-. The summed E-state index contributed by atoms with van der Waals surface area (Å²) in [7, 11) is 0. The largest absolute Gasteiger partial charge is 0.488 e. The van der Waals surface area contributed by atoms with Gasteiger partial charge >= 0.3 is 0 Å². The number of hydrogen-bond donors (Lipinski definition) is 1.